The highest BCUT2D eigenvalue weighted by atomic mass is 35.5. The van der Waals surface area contributed by atoms with Crippen LogP contribution in [0.5, 0.6) is 5.75 Å². The fourth-order valence-corrected chi connectivity index (χ4v) is 2.69. The Kier molecular flexibility index (Phi) is 4.67. The van der Waals surface area contributed by atoms with Gasteiger partial charge in [0.25, 0.3) is 5.56 Å². The third-order valence-electron chi connectivity index (χ3n) is 3.72. The van der Waals surface area contributed by atoms with E-state index in [1.165, 1.54) is 6.07 Å². The Bertz CT molecular complexity index is 920. The molecule has 0 N–H and O–H groups in total. The number of ether oxygens (including phenoxy) is 1. The summed E-state index contributed by atoms with van der Waals surface area (Å²) in [6, 6.07) is 14.9. The van der Waals surface area contributed by atoms with E-state index in [0.717, 1.165) is 22.5 Å². The van der Waals surface area contributed by atoms with Crippen LogP contribution in [-0.2, 0) is 6.61 Å². The van der Waals surface area contributed by atoms with Crippen molar-refractivity contribution < 1.29 is 4.74 Å². The van der Waals surface area contributed by atoms with E-state index in [9.17, 15) is 4.79 Å². The Morgan fingerprint density at radius 3 is 2.58 bits per heavy atom. The van der Waals surface area contributed by atoms with E-state index in [2.05, 4.69) is 4.98 Å². The molecule has 2 heterocycles. The van der Waals surface area contributed by atoms with Crippen LogP contribution in [0.25, 0.3) is 5.69 Å². The highest BCUT2D eigenvalue weighted by Gasteiger charge is 2.10. The first kappa shape index (κ1) is 16.3. The Hall–Kier alpha value is -2.59. The van der Waals surface area contributed by atoms with Crippen molar-refractivity contribution in [3.05, 3.63) is 87.1 Å². The van der Waals surface area contributed by atoms with E-state index in [1.807, 2.05) is 50.2 Å². The third-order valence-corrected chi connectivity index (χ3v) is 3.93. The molecule has 0 spiro atoms. The normalized spacial score (nSPS) is 10.6. The Morgan fingerprint density at radius 2 is 1.88 bits per heavy atom. The topological polar surface area (TPSA) is 44.1 Å². The predicted molar refractivity (Wildman–Crippen MR) is 95.1 cm³/mol. The number of nitrogens with zero attached hydrogens (tertiary/aromatic N) is 2. The summed E-state index contributed by atoms with van der Waals surface area (Å²) < 4.78 is 7.36. The maximum Gasteiger partial charge on any atom is 0.259 e. The molecule has 0 bridgehead atoms. The van der Waals surface area contributed by atoms with Crippen molar-refractivity contribution >= 4 is 11.6 Å². The van der Waals surface area contributed by atoms with Crippen molar-refractivity contribution in [2.75, 3.05) is 0 Å². The Balaban J connectivity index is 1.92. The molecule has 0 unspecified atom stereocenters. The molecule has 0 fully saturated rings. The number of aromatic nitrogens is 2. The SMILES string of the molecule is Cc1cnc(Cl)cc1-n1c(C)cc(OCc2ccccc2)cc1=O. The zero-order valence-corrected chi connectivity index (χ0v) is 14.2. The Labute approximate surface area is 145 Å². The molecule has 24 heavy (non-hydrogen) atoms. The van der Waals surface area contributed by atoms with Crippen molar-refractivity contribution in [2.24, 2.45) is 0 Å². The number of rotatable bonds is 4. The van der Waals surface area contributed by atoms with E-state index in [0.29, 0.717) is 17.5 Å². The molecule has 4 nitrogen and oxygen atoms in total. The maximum atomic E-state index is 12.6. The van der Waals surface area contributed by atoms with E-state index in [4.69, 9.17) is 16.3 Å². The van der Waals surface area contributed by atoms with Crippen molar-refractivity contribution in [2.45, 2.75) is 20.5 Å². The van der Waals surface area contributed by atoms with Crippen LogP contribution in [0.1, 0.15) is 16.8 Å². The summed E-state index contributed by atoms with van der Waals surface area (Å²) in [4.78, 5) is 16.6. The molecule has 1 aromatic carbocycles. The number of pyridine rings is 2. The minimum absolute atomic E-state index is 0.163. The van der Waals surface area contributed by atoms with E-state index in [1.54, 1.807) is 16.8 Å². The molecular formula is C19H17ClN2O2. The molecular weight excluding hydrogens is 324 g/mol. The quantitative estimate of drug-likeness (QED) is 0.672. The number of hydrogen-bond acceptors (Lipinski definition) is 3. The maximum absolute atomic E-state index is 12.6. The van der Waals surface area contributed by atoms with Gasteiger partial charge in [0.1, 0.15) is 17.5 Å². The molecule has 2 aromatic heterocycles. The molecule has 5 heteroatoms. The summed E-state index contributed by atoms with van der Waals surface area (Å²) in [6.45, 7) is 4.18. The van der Waals surface area contributed by atoms with Crippen LogP contribution in [0, 0.1) is 13.8 Å². The first-order valence-corrected chi connectivity index (χ1v) is 7.95. The molecule has 3 aromatic rings. The largest absolute Gasteiger partial charge is 0.489 e. The van der Waals surface area contributed by atoms with Gasteiger partial charge in [-0.05, 0) is 31.0 Å². The highest BCUT2D eigenvalue weighted by molar-refractivity contribution is 6.29. The van der Waals surface area contributed by atoms with Gasteiger partial charge in [-0.15, -0.1) is 0 Å². The molecule has 0 aliphatic heterocycles. The summed E-state index contributed by atoms with van der Waals surface area (Å²) in [5.41, 5.74) is 3.27. The summed E-state index contributed by atoms with van der Waals surface area (Å²) in [5, 5.41) is 0.353. The second-order valence-corrected chi connectivity index (χ2v) is 5.96. The molecule has 3 rings (SSSR count). The van der Waals surface area contributed by atoms with Gasteiger partial charge in [-0.2, -0.15) is 0 Å². The van der Waals surface area contributed by atoms with Crippen LogP contribution in [0.4, 0.5) is 0 Å². The van der Waals surface area contributed by atoms with Crippen LogP contribution < -0.4 is 10.3 Å². The first-order chi connectivity index (χ1) is 11.5. The fraction of sp³-hybridized carbons (Fsp3) is 0.158. The molecule has 0 aliphatic rings. The summed E-state index contributed by atoms with van der Waals surface area (Å²) >= 11 is 5.97. The fourth-order valence-electron chi connectivity index (χ4n) is 2.53. The number of hydrogen-bond donors (Lipinski definition) is 0. The van der Waals surface area contributed by atoms with Crippen LogP contribution in [0.2, 0.25) is 5.15 Å². The van der Waals surface area contributed by atoms with Crippen molar-refractivity contribution in [3.8, 4) is 11.4 Å². The van der Waals surface area contributed by atoms with Crippen LogP contribution >= 0.6 is 11.6 Å². The zero-order chi connectivity index (χ0) is 17.1. The van der Waals surface area contributed by atoms with Gasteiger partial charge >= 0.3 is 0 Å². The van der Waals surface area contributed by atoms with Crippen LogP contribution in [-0.4, -0.2) is 9.55 Å². The molecule has 0 atom stereocenters. The minimum atomic E-state index is -0.163. The first-order valence-electron chi connectivity index (χ1n) is 7.57. The molecule has 0 amide bonds. The highest BCUT2D eigenvalue weighted by Crippen LogP contribution is 2.20. The minimum Gasteiger partial charge on any atom is -0.489 e. The van der Waals surface area contributed by atoms with Crippen LogP contribution in [0.3, 0.4) is 0 Å². The average molecular weight is 341 g/mol. The molecule has 0 radical (unpaired) electrons. The standard InChI is InChI=1S/C19H17ClN2O2/c1-13-11-21-18(20)10-17(13)22-14(2)8-16(9-19(22)23)24-12-15-6-4-3-5-7-15/h3-11H,12H2,1-2H3. The van der Waals surface area contributed by atoms with Gasteiger partial charge in [0, 0.05) is 24.0 Å². The molecule has 122 valence electrons. The van der Waals surface area contributed by atoms with Gasteiger partial charge in [0.15, 0.2) is 0 Å². The lowest BCUT2D eigenvalue weighted by Crippen LogP contribution is -2.21. The lowest BCUT2D eigenvalue weighted by atomic mass is 10.2. The smallest absolute Gasteiger partial charge is 0.259 e. The average Bonchev–Trinajstić information content (AvgIpc) is 2.56. The number of benzene rings is 1. The second-order valence-electron chi connectivity index (χ2n) is 5.57. The monoisotopic (exact) mass is 340 g/mol. The predicted octanol–water partition coefficient (Wildman–Crippen LogP) is 4.08. The van der Waals surface area contributed by atoms with Crippen molar-refractivity contribution in [1.29, 1.82) is 0 Å². The van der Waals surface area contributed by atoms with Gasteiger partial charge in [0.2, 0.25) is 0 Å². The molecule has 0 saturated carbocycles. The van der Waals surface area contributed by atoms with Gasteiger partial charge in [-0.1, -0.05) is 41.9 Å². The Morgan fingerprint density at radius 1 is 1.12 bits per heavy atom. The van der Waals surface area contributed by atoms with E-state index < -0.39 is 0 Å². The van der Waals surface area contributed by atoms with Gasteiger partial charge in [-0.25, -0.2) is 4.98 Å². The zero-order valence-electron chi connectivity index (χ0n) is 13.5. The lowest BCUT2D eigenvalue weighted by molar-refractivity contribution is 0.305. The van der Waals surface area contributed by atoms with E-state index >= 15 is 0 Å². The number of halogens is 1. The third kappa shape index (κ3) is 3.49. The molecule has 0 aliphatic carbocycles. The summed E-state index contributed by atoms with van der Waals surface area (Å²) in [5.74, 6) is 0.551. The summed E-state index contributed by atoms with van der Waals surface area (Å²) in [6.07, 6.45) is 1.66. The lowest BCUT2D eigenvalue weighted by Gasteiger charge is -2.14. The second kappa shape index (κ2) is 6.89. The van der Waals surface area contributed by atoms with Gasteiger partial charge in [0.05, 0.1) is 5.69 Å². The molecule has 0 saturated heterocycles. The van der Waals surface area contributed by atoms with Crippen molar-refractivity contribution in [1.82, 2.24) is 9.55 Å². The van der Waals surface area contributed by atoms with Gasteiger partial charge in [-0.3, -0.25) is 9.36 Å². The van der Waals surface area contributed by atoms with Gasteiger partial charge < -0.3 is 4.74 Å². The van der Waals surface area contributed by atoms with Crippen molar-refractivity contribution in [3.63, 3.8) is 0 Å². The summed E-state index contributed by atoms with van der Waals surface area (Å²) in [7, 11) is 0. The number of aryl methyl sites for hydroxylation is 2. The van der Waals surface area contributed by atoms with E-state index in [-0.39, 0.29) is 5.56 Å². The van der Waals surface area contributed by atoms with Crippen LogP contribution in [0.15, 0.2) is 59.5 Å².